The summed E-state index contributed by atoms with van der Waals surface area (Å²) in [6, 6.07) is 13.6. The second-order valence-electron chi connectivity index (χ2n) is 5.74. The van der Waals surface area contributed by atoms with Crippen LogP contribution in [0.4, 0.5) is 5.69 Å². The van der Waals surface area contributed by atoms with Crippen LogP contribution in [0.1, 0.15) is 6.42 Å². The van der Waals surface area contributed by atoms with Crippen LogP contribution in [-0.4, -0.2) is 41.7 Å². The monoisotopic (exact) mass is 382 g/mol. The number of nitrogens with one attached hydrogen (secondary N) is 1. The van der Waals surface area contributed by atoms with Crippen LogP contribution in [0.5, 0.6) is 5.75 Å². The maximum absolute atomic E-state index is 12.7. The molecule has 0 radical (unpaired) electrons. The topological polar surface area (TPSA) is 58.6 Å². The number of benzene rings is 2. The summed E-state index contributed by atoms with van der Waals surface area (Å²) in [7, 11) is -1.58. The number of halogens is 1. The van der Waals surface area contributed by atoms with E-state index in [4.69, 9.17) is 4.74 Å². The van der Waals surface area contributed by atoms with E-state index in [9.17, 15) is 8.42 Å². The number of sulfone groups is 1. The summed E-state index contributed by atoms with van der Waals surface area (Å²) in [6.07, 6.45) is 1.03. The average molecular weight is 383 g/mol. The summed E-state index contributed by atoms with van der Waals surface area (Å²) >= 11 is 0. The van der Waals surface area contributed by atoms with E-state index in [0.717, 1.165) is 31.7 Å². The molecule has 1 aliphatic heterocycles. The zero-order valence-corrected chi connectivity index (χ0v) is 15.8. The number of anilines is 1. The zero-order chi connectivity index (χ0) is 17.0. The third-order valence-electron chi connectivity index (χ3n) is 4.11. The first-order valence-corrected chi connectivity index (χ1v) is 9.58. The Balaban J connectivity index is 0.00000225. The van der Waals surface area contributed by atoms with Gasteiger partial charge in [-0.25, -0.2) is 8.42 Å². The fraction of sp³-hybridized carbons (Fsp3) is 0.333. The quantitative estimate of drug-likeness (QED) is 0.778. The highest BCUT2D eigenvalue weighted by molar-refractivity contribution is 7.91. The molecule has 136 valence electrons. The molecular formula is C18H23ClN2O3S. The molecule has 0 unspecified atom stereocenters. The molecule has 5 nitrogen and oxygen atoms in total. The van der Waals surface area contributed by atoms with Gasteiger partial charge < -0.3 is 15.0 Å². The normalized spacial score (nSPS) is 13.6. The molecule has 0 spiro atoms. The van der Waals surface area contributed by atoms with Gasteiger partial charge in [-0.1, -0.05) is 18.2 Å². The molecule has 0 saturated carbocycles. The molecule has 0 atom stereocenters. The van der Waals surface area contributed by atoms with Gasteiger partial charge in [0.2, 0.25) is 9.84 Å². The number of hydrogen-bond acceptors (Lipinski definition) is 5. The number of ether oxygens (including phenoxy) is 1. The van der Waals surface area contributed by atoms with Crippen molar-refractivity contribution in [1.29, 1.82) is 0 Å². The maximum Gasteiger partial charge on any atom is 0.206 e. The van der Waals surface area contributed by atoms with E-state index in [1.807, 2.05) is 13.1 Å². The van der Waals surface area contributed by atoms with Crippen molar-refractivity contribution < 1.29 is 13.2 Å². The maximum atomic E-state index is 12.7. The molecule has 7 heteroatoms. The molecule has 0 fully saturated rings. The van der Waals surface area contributed by atoms with Gasteiger partial charge in [-0.15, -0.1) is 12.4 Å². The largest absolute Gasteiger partial charge is 0.490 e. The molecule has 0 aliphatic carbocycles. The SMILES string of the molecule is CNCCCN1CCOc2cc(S(=O)(=O)c3ccccc3)ccc21.Cl. The van der Waals surface area contributed by atoms with Crippen molar-refractivity contribution in [2.75, 3.05) is 38.2 Å². The van der Waals surface area contributed by atoms with Crippen LogP contribution in [0, 0.1) is 0 Å². The molecule has 2 aromatic rings. The van der Waals surface area contributed by atoms with Crippen LogP contribution in [0.25, 0.3) is 0 Å². The Labute approximate surface area is 155 Å². The van der Waals surface area contributed by atoms with E-state index in [-0.39, 0.29) is 17.3 Å². The summed E-state index contributed by atoms with van der Waals surface area (Å²) in [5, 5.41) is 3.14. The third-order valence-corrected chi connectivity index (χ3v) is 5.88. The number of fused-ring (bicyclic) bond motifs is 1. The van der Waals surface area contributed by atoms with E-state index in [1.165, 1.54) is 0 Å². The average Bonchev–Trinajstić information content (AvgIpc) is 2.62. The van der Waals surface area contributed by atoms with Crippen LogP contribution < -0.4 is 15.0 Å². The van der Waals surface area contributed by atoms with E-state index in [1.54, 1.807) is 42.5 Å². The van der Waals surface area contributed by atoms with Crippen molar-refractivity contribution in [2.24, 2.45) is 0 Å². The second-order valence-corrected chi connectivity index (χ2v) is 7.69. The van der Waals surface area contributed by atoms with Crippen molar-refractivity contribution in [1.82, 2.24) is 5.32 Å². The minimum Gasteiger partial charge on any atom is -0.490 e. The van der Waals surface area contributed by atoms with Crippen molar-refractivity contribution >= 4 is 27.9 Å². The second kappa shape index (κ2) is 8.56. The highest BCUT2D eigenvalue weighted by Crippen LogP contribution is 2.35. The number of nitrogens with zero attached hydrogens (tertiary/aromatic N) is 1. The van der Waals surface area contributed by atoms with E-state index in [2.05, 4.69) is 10.2 Å². The Bertz CT molecular complexity index is 797. The van der Waals surface area contributed by atoms with Crippen LogP contribution in [0.3, 0.4) is 0 Å². The zero-order valence-electron chi connectivity index (χ0n) is 14.1. The van der Waals surface area contributed by atoms with Crippen LogP contribution in [-0.2, 0) is 9.84 Å². The minimum absolute atomic E-state index is 0. The summed E-state index contributed by atoms with van der Waals surface area (Å²) < 4.78 is 31.2. The first-order valence-electron chi connectivity index (χ1n) is 8.09. The Morgan fingerprint density at radius 1 is 1.12 bits per heavy atom. The van der Waals surface area contributed by atoms with Gasteiger partial charge in [0.1, 0.15) is 12.4 Å². The molecule has 0 saturated heterocycles. The van der Waals surface area contributed by atoms with E-state index in [0.29, 0.717) is 17.3 Å². The van der Waals surface area contributed by atoms with Crippen LogP contribution >= 0.6 is 12.4 Å². The first-order chi connectivity index (χ1) is 11.6. The predicted octanol–water partition coefficient (Wildman–Crippen LogP) is 2.75. The van der Waals surface area contributed by atoms with Gasteiger partial charge in [-0.3, -0.25) is 0 Å². The summed E-state index contributed by atoms with van der Waals surface area (Å²) in [5.74, 6) is 0.641. The Kier molecular flexibility index (Phi) is 6.70. The summed E-state index contributed by atoms with van der Waals surface area (Å²) in [6.45, 7) is 3.26. The van der Waals surface area contributed by atoms with Gasteiger partial charge in [0.05, 0.1) is 22.0 Å². The van der Waals surface area contributed by atoms with Crippen molar-refractivity contribution in [3.8, 4) is 5.75 Å². The van der Waals surface area contributed by atoms with Crippen molar-refractivity contribution in [3.63, 3.8) is 0 Å². The lowest BCUT2D eigenvalue weighted by Crippen LogP contribution is -2.34. The van der Waals surface area contributed by atoms with Gasteiger partial charge in [0.25, 0.3) is 0 Å². The van der Waals surface area contributed by atoms with Crippen molar-refractivity contribution in [3.05, 3.63) is 48.5 Å². The van der Waals surface area contributed by atoms with Gasteiger partial charge in [0, 0.05) is 12.6 Å². The molecule has 25 heavy (non-hydrogen) atoms. The van der Waals surface area contributed by atoms with Gasteiger partial charge in [-0.05, 0) is 44.3 Å². The molecule has 0 amide bonds. The highest BCUT2D eigenvalue weighted by Gasteiger charge is 2.23. The van der Waals surface area contributed by atoms with E-state index >= 15 is 0 Å². The summed E-state index contributed by atoms with van der Waals surface area (Å²) in [4.78, 5) is 2.81. The molecule has 1 aliphatic rings. The fourth-order valence-electron chi connectivity index (χ4n) is 2.84. The van der Waals surface area contributed by atoms with Gasteiger partial charge in [0.15, 0.2) is 0 Å². The lowest BCUT2D eigenvalue weighted by atomic mass is 10.2. The molecule has 0 aromatic heterocycles. The number of rotatable bonds is 6. The molecule has 2 aromatic carbocycles. The van der Waals surface area contributed by atoms with Gasteiger partial charge >= 0.3 is 0 Å². The highest BCUT2D eigenvalue weighted by atomic mass is 35.5. The van der Waals surface area contributed by atoms with E-state index < -0.39 is 9.84 Å². The third kappa shape index (κ3) is 4.26. The first kappa shape index (κ1) is 19.6. The standard InChI is InChI=1S/C18H22N2O3S.ClH/c1-19-10-5-11-20-12-13-23-18-14-16(8-9-17(18)20)24(21,22)15-6-3-2-4-7-15;/h2-4,6-9,14,19H,5,10-13H2,1H3;1H. The number of hydrogen-bond donors (Lipinski definition) is 1. The lowest BCUT2D eigenvalue weighted by molar-refractivity contribution is 0.306. The Hall–Kier alpha value is -1.76. The molecule has 1 heterocycles. The van der Waals surface area contributed by atoms with Crippen LogP contribution in [0.15, 0.2) is 58.3 Å². The van der Waals surface area contributed by atoms with Crippen LogP contribution in [0.2, 0.25) is 0 Å². The molecule has 0 bridgehead atoms. The molecule has 1 N–H and O–H groups in total. The van der Waals surface area contributed by atoms with Crippen molar-refractivity contribution in [2.45, 2.75) is 16.2 Å². The smallest absolute Gasteiger partial charge is 0.206 e. The lowest BCUT2D eigenvalue weighted by Gasteiger charge is -2.31. The Morgan fingerprint density at radius 2 is 1.88 bits per heavy atom. The Morgan fingerprint density at radius 3 is 2.60 bits per heavy atom. The minimum atomic E-state index is -3.52. The van der Waals surface area contributed by atoms with Gasteiger partial charge in [-0.2, -0.15) is 0 Å². The molecular weight excluding hydrogens is 360 g/mol. The molecule has 3 rings (SSSR count). The predicted molar refractivity (Wildman–Crippen MR) is 102 cm³/mol. The fourth-order valence-corrected chi connectivity index (χ4v) is 4.14. The summed E-state index contributed by atoms with van der Waals surface area (Å²) in [5.41, 5.74) is 0.962.